The van der Waals surface area contributed by atoms with Crippen LogP contribution in [0.2, 0.25) is 0 Å². The number of esters is 1. The predicted molar refractivity (Wildman–Crippen MR) is 106 cm³/mol. The van der Waals surface area contributed by atoms with Gasteiger partial charge in [-0.05, 0) is 17.7 Å². The van der Waals surface area contributed by atoms with Gasteiger partial charge in [-0.2, -0.15) is 0 Å². The number of likely N-dealkylation sites (N-methyl/N-ethyl adjacent to an activating group) is 1. The second kappa shape index (κ2) is 10.3. The quantitative estimate of drug-likeness (QED) is 0.576. The van der Waals surface area contributed by atoms with E-state index in [0.717, 1.165) is 0 Å². The fraction of sp³-hybridized carbons (Fsp3) is 0.333. The molecule has 2 aromatic rings. The van der Waals surface area contributed by atoms with Crippen molar-refractivity contribution >= 4 is 11.9 Å². The third kappa shape index (κ3) is 5.31. The van der Waals surface area contributed by atoms with Crippen LogP contribution in [0.5, 0.6) is 23.0 Å². The second-order valence-corrected chi connectivity index (χ2v) is 6.20. The highest BCUT2D eigenvalue weighted by Crippen LogP contribution is 2.34. The summed E-state index contributed by atoms with van der Waals surface area (Å²) in [4.78, 5) is 26.1. The van der Waals surface area contributed by atoms with E-state index in [1.165, 1.54) is 64.7 Å². The Morgan fingerprint density at radius 3 is 2.03 bits per heavy atom. The van der Waals surface area contributed by atoms with Crippen molar-refractivity contribution in [2.24, 2.45) is 0 Å². The monoisotopic (exact) mass is 421 g/mol. The molecule has 0 bridgehead atoms. The van der Waals surface area contributed by atoms with Crippen molar-refractivity contribution in [1.82, 2.24) is 4.90 Å². The topological polar surface area (TPSA) is 83.5 Å². The largest absolute Gasteiger partial charge is 0.496 e. The van der Waals surface area contributed by atoms with E-state index in [1.807, 2.05) is 0 Å². The molecule has 0 aliphatic heterocycles. The maximum atomic E-state index is 13.8. The molecule has 0 spiro atoms. The van der Waals surface area contributed by atoms with Crippen LogP contribution in [0.1, 0.15) is 15.9 Å². The molecule has 0 fully saturated rings. The number of carbonyl (C=O) groups excluding carboxylic acids is 2. The van der Waals surface area contributed by atoms with Crippen LogP contribution in [0, 0.1) is 5.82 Å². The molecule has 2 rings (SSSR count). The van der Waals surface area contributed by atoms with Crippen molar-refractivity contribution in [1.29, 1.82) is 0 Å². The van der Waals surface area contributed by atoms with Gasteiger partial charge in [-0.1, -0.05) is 6.07 Å². The average Bonchev–Trinajstić information content (AvgIpc) is 2.76. The zero-order valence-corrected chi connectivity index (χ0v) is 17.5. The van der Waals surface area contributed by atoms with Gasteiger partial charge in [0.15, 0.2) is 29.7 Å². The van der Waals surface area contributed by atoms with Crippen LogP contribution in [0.25, 0.3) is 0 Å². The Labute approximate surface area is 174 Å². The van der Waals surface area contributed by atoms with E-state index >= 15 is 0 Å². The maximum absolute atomic E-state index is 13.8. The van der Waals surface area contributed by atoms with Crippen molar-refractivity contribution in [2.75, 3.05) is 42.1 Å². The molecule has 0 aliphatic rings. The summed E-state index contributed by atoms with van der Waals surface area (Å²) in [6, 6.07) is 7.30. The van der Waals surface area contributed by atoms with Crippen LogP contribution < -0.4 is 18.9 Å². The predicted octanol–water partition coefficient (Wildman–Crippen LogP) is 2.68. The SMILES string of the molecule is COc1ccc(CN(C)C(=O)COC(=O)c2cc(OC)c(OC)cc2OC)cc1F. The van der Waals surface area contributed by atoms with Crippen molar-refractivity contribution in [2.45, 2.75) is 6.54 Å². The molecule has 9 heteroatoms. The molecule has 0 aliphatic carbocycles. The van der Waals surface area contributed by atoms with Crippen LogP contribution in [-0.4, -0.2) is 58.9 Å². The van der Waals surface area contributed by atoms with Crippen LogP contribution in [0.15, 0.2) is 30.3 Å². The van der Waals surface area contributed by atoms with Gasteiger partial charge in [0.2, 0.25) is 0 Å². The molecule has 0 N–H and O–H groups in total. The number of hydrogen-bond donors (Lipinski definition) is 0. The Kier molecular flexibility index (Phi) is 7.85. The first-order valence-corrected chi connectivity index (χ1v) is 8.88. The number of ether oxygens (including phenoxy) is 5. The Morgan fingerprint density at radius 1 is 0.867 bits per heavy atom. The number of amides is 1. The van der Waals surface area contributed by atoms with Gasteiger partial charge in [-0.3, -0.25) is 4.79 Å². The molecule has 30 heavy (non-hydrogen) atoms. The lowest BCUT2D eigenvalue weighted by Crippen LogP contribution is -2.31. The Balaban J connectivity index is 2.03. The minimum absolute atomic E-state index is 0.0860. The van der Waals surface area contributed by atoms with Crippen molar-refractivity contribution in [3.63, 3.8) is 0 Å². The third-order valence-electron chi connectivity index (χ3n) is 4.31. The number of benzene rings is 2. The number of carbonyl (C=O) groups is 2. The summed E-state index contributed by atoms with van der Waals surface area (Å²) in [5.74, 6) is -0.715. The van der Waals surface area contributed by atoms with Gasteiger partial charge in [0, 0.05) is 25.7 Å². The highest BCUT2D eigenvalue weighted by Gasteiger charge is 2.21. The summed E-state index contributed by atoms with van der Waals surface area (Å²) in [7, 11) is 7.17. The lowest BCUT2D eigenvalue weighted by molar-refractivity contribution is -0.133. The minimum atomic E-state index is -0.759. The van der Waals surface area contributed by atoms with Crippen LogP contribution in [0.4, 0.5) is 4.39 Å². The molecular formula is C21H24FNO7. The molecule has 0 saturated heterocycles. The smallest absolute Gasteiger partial charge is 0.342 e. The summed E-state index contributed by atoms with van der Waals surface area (Å²) < 4.78 is 39.3. The van der Waals surface area contributed by atoms with E-state index in [-0.39, 0.29) is 23.6 Å². The molecule has 1 amide bonds. The first kappa shape index (κ1) is 22.8. The molecule has 0 unspecified atom stereocenters. The molecule has 0 atom stereocenters. The Morgan fingerprint density at radius 2 is 1.47 bits per heavy atom. The summed E-state index contributed by atoms with van der Waals surface area (Å²) >= 11 is 0. The summed E-state index contributed by atoms with van der Waals surface area (Å²) in [6.45, 7) is -0.359. The second-order valence-electron chi connectivity index (χ2n) is 6.20. The summed E-state index contributed by atoms with van der Waals surface area (Å²) in [5.41, 5.74) is 0.653. The first-order chi connectivity index (χ1) is 14.3. The first-order valence-electron chi connectivity index (χ1n) is 8.88. The number of nitrogens with zero attached hydrogens (tertiary/aromatic N) is 1. The van der Waals surface area contributed by atoms with Gasteiger partial charge in [-0.15, -0.1) is 0 Å². The van der Waals surface area contributed by atoms with Gasteiger partial charge in [0.1, 0.15) is 11.3 Å². The van der Waals surface area contributed by atoms with Crippen molar-refractivity contribution in [3.05, 3.63) is 47.3 Å². The van der Waals surface area contributed by atoms with E-state index in [1.54, 1.807) is 6.07 Å². The number of hydrogen-bond acceptors (Lipinski definition) is 7. The van der Waals surface area contributed by atoms with Crippen LogP contribution in [-0.2, 0) is 16.1 Å². The lowest BCUT2D eigenvalue weighted by atomic mass is 10.1. The fourth-order valence-electron chi connectivity index (χ4n) is 2.67. The minimum Gasteiger partial charge on any atom is -0.496 e. The molecule has 0 saturated carbocycles. The van der Waals surface area contributed by atoms with Gasteiger partial charge in [-0.25, -0.2) is 9.18 Å². The highest BCUT2D eigenvalue weighted by molar-refractivity contribution is 5.95. The number of rotatable bonds is 9. The van der Waals surface area contributed by atoms with E-state index in [0.29, 0.717) is 17.1 Å². The van der Waals surface area contributed by atoms with Crippen molar-refractivity contribution < 1.29 is 37.7 Å². The lowest BCUT2D eigenvalue weighted by Gasteiger charge is -2.18. The van der Waals surface area contributed by atoms with E-state index in [9.17, 15) is 14.0 Å². The number of halogens is 1. The van der Waals surface area contributed by atoms with E-state index < -0.39 is 24.3 Å². The van der Waals surface area contributed by atoms with Crippen LogP contribution >= 0.6 is 0 Å². The zero-order chi connectivity index (χ0) is 22.3. The van der Waals surface area contributed by atoms with Crippen molar-refractivity contribution in [3.8, 4) is 23.0 Å². The maximum Gasteiger partial charge on any atom is 0.342 e. The van der Waals surface area contributed by atoms with E-state index in [2.05, 4.69) is 0 Å². The van der Waals surface area contributed by atoms with Gasteiger partial charge >= 0.3 is 5.97 Å². The van der Waals surface area contributed by atoms with Gasteiger partial charge in [0.25, 0.3) is 5.91 Å². The zero-order valence-electron chi connectivity index (χ0n) is 17.5. The Hall–Kier alpha value is -3.49. The Bertz CT molecular complexity index is 916. The van der Waals surface area contributed by atoms with Gasteiger partial charge in [0.05, 0.1) is 28.4 Å². The highest BCUT2D eigenvalue weighted by atomic mass is 19.1. The third-order valence-corrected chi connectivity index (χ3v) is 4.31. The normalized spacial score (nSPS) is 10.2. The van der Waals surface area contributed by atoms with Gasteiger partial charge < -0.3 is 28.6 Å². The molecule has 2 aromatic carbocycles. The number of methoxy groups -OCH3 is 4. The van der Waals surface area contributed by atoms with Crippen LogP contribution in [0.3, 0.4) is 0 Å². The summed E-state index contributed by atoms with van der Waals surface area (Å²) in [6.07, 6.45) is 0. The molecule has 0 aromatic heterocycles. The average molecular weight is 421 g/mol. The molecule has 8 nitrogen and oxygen atoms in total. The summed E-state index contributed by atoms with van der Waals surface area (Å²) in [5, 5.41) is 0. The fourth-order valence-corrected chi connectivity index (χ4v) is 2.67. The molecule has 0 radical (unpaired) electrons. The molecular weight excluding hydrogens is 397 g/mol. The molecule has 0 heterocycles. The van der Waals surface area contributed by atoms with E-state index in [4.69, 9.17) is 23.7 Å². The standard InChI is InChI=1S/C21H24FNO7/c1-23(11-13-6-7-16(26-2)15(22)8-13)20(24)12-30-21(25)14-9-18(28-4)19(29-5)10-17(14)27-3/h6-10H,11-12H2,1-5H3. The molecule has 162 valence electrons.